The van der Waals surface area contributed by atoms with Crippen LogP contribution in [0.1, 0.15) is 18.5 Å². The van der Waals surface area contributed by atoms with E-state index in [1.807, 2.05) is 37.3 Å². The molecule has 0 fully saturated rings. The molecule has 1 atom stereocenters. The number of hydrogen-bond donors (Lipinski definition) is 1. The second kappa shape index (κ2) is 5.58. The van der Waals surface area contributed by atoms with E-state index in [1.165, 1.54) is 10.5 Å². The number of anilines is 1. The van der Waals surface area contributed by atoms with E-state index in [9.17, 15) is 4.79 Å². The molecule has 21 heavy (non-hydrogen) atoms. The maximum absolute atomic E-state index is 12.0. The Bertz CT molecular complexity index is 844. The number of benzene rings is 1. The van der Waals surface area contributed by atoms with Crippen LogP contribution >= 0.6 is 11.6 Å². The molecule has 0 radical (unpaired) electrons. The van der Waals surface area contributed by atoms with Crippen molar-refractivity contribution >= 4 is 23.1 Å². The maximum Gasteiger partial charge on any atom is 0.259 e. The van der Waals surface area contributed by atoms with E-state index in [0.29, 0.717) is 16.5 Å². The van der Waals surface area contributed by atoms with E-state index in [1.54, 1.807) is 18.3 Å². The second-order valence-electron chi connectivity index (χ2n) is 4.83. The highest BCUT2D eigenvalue weighted by Crippen LogP contribution is 2.20. The molecule has 0 spiro atoms. The van der Waals surface area contributed by atoms with Crippen molar-refractivity contribution in [3.8, 4) is 0 Å². The number of rotatable bonds is 3. The summed E-state index contributed by atoms with van der Waals surface area (Å²) in [5.41, 5.74) is 1.55. The highest BCUT2D eigenvalue weighted by Gasteiger charge is 2.08. The Morgan fingerprint density at radius 3 is 2.86 bits per heavy atom. The zero-order valence-electron chi connectivity index (χ0n) is 11.5. The van der Waals surface area contributed by atoms with Crippen molar-refractivity contribution in [2.45, 2.75) is 13.0 Å². The quantitative estimate of drug-likeness (QED) is 0.805. The minimum absolute atomic E-state index is 0.00163. The lowest BCUT2D eigenvalue weighted by molar-refractivity contribution is 0.870. The Balaban J connectivity index is 1.93. The van der Waals surface area contributed by atoms with Crippen LogP contribution in [0.5, 0.6) is 0 Å². The summed E-state index contributed by atoms with van der Waals surface area (Å²) in [6.07, 6.45) is 1.70. The summed E-state index contributed by atoms with van der Waals surface area (Å²) in [7, 11) is 0. The lowest BCUT2D eigenvalue weighted by atomic mass is 10.1. The van der Waals surface area contributed by atoms with Crippen LogP contribution < -0.4 is 10.9 Å². The molecule has 0 aliphatic rings. The van der Waals surface area contributed by atoms with Gasteiger partial charge in [0.1, 0.15) is 11.5 Å². The van der Waals surface area contributed by atoms with Crippen LogP contribution in [0, 0.1) is 0 Å². The van der Waals surface area contributed by atoms with Gasteiger partial charge in [-0.15, -0.1) is 0 Å². The lowest BCUT2D eigenvalue weighted by Crippen LogP contribution is -2.17. The molecule has 0 saturated carbocycles. The first-order valence-electron chi connectivity index (χ1n) is 6.64. The Hall–Kier alpha value is -2.33. The van der Waals surface area contributed by atoms with Gasteiger partial charge < -0.3 is 5.32 Å². The molecule has 0 bridgehead atoms. The number of aromatic nitrogens is 2. The predicted octanol–water partition coefficient (Wildman–Crippen LogP) is 3.52. The SMILES string of the molecule is CC(Nc1cc(=O)n2ccccc2n1)c1cccc(Cl)c1. The van der Waals surface area contributed by atoms with E-state index < -0.39 is 0 Å². The van der Waals surface area contributed by atoms with E-state index in [4.69, 9.17) is 11.6 Å². The second-order valence-corrected chi connectivity index (χ2v) is 5.27. The average Bonchev–Trinajstić information content (AvgIpc) is 2.47. The van der Waals surface area contributed by atoms with Gasteiger partial charge in [0, 0.05) is 23.3 Å². The van der Waals surface area contributed by atoms with Crippen molar-refractivity contribution < 1.29 is 0 Å². The molecule has 1 N–H and O–H groups in total. The molecule has 0 amide bonds. The number of fused-ring (bicyclic) bond motifs is 1. The molecule has 1 aromatic carbocycles. The van der Waals surface area contributed by atoms with Crippen molar-refractivity contribution in [2.24, 2.45) is 0 Å². The summed E-state index contributed by atoms with van der Waals surface area (Å²) in [6, 6.07) is 14.6. The Morgan fingerprint density at radius 2 is 2.05 bits per heavy atom. The van der Waals surface area contributed by atoms with E-state index in [-0.39, 0.29) is 11.6 Å². The van der Waals surface area contributed by atoms with E-state index >= 15 is 0 Å². The van der Waals surface area contributed by atoms with Gasteiger partial charge in [0.05, 0.1) is 0 Å². The molecular weight excluding hydrogens is 286 g/mol. The third kappa shape index (κ3) is 2.90. The van der Waals surface area contributed by atoms with Crippen LogP contribution in [-0.4, -0.2) is 9.38 Å². The largest absolute Gasteiger partial charge is 0.363 e. The fourth-order valence-electron chi connectivity index (χ4n) is 2.21. The van der Waals surface area contributed by atoms with Gasteiger partial charge in [0.2, 0.25) is 0 Å². The van der Waals surface area contributed by atoms with Crippen LogP contribution in [0.25, 0.3) is 5.65 Å². The molecule has 106 valence electrons. The first-order valence-corrected chi connectivity index (χ1v) is 7.02. The summed E-state index contributed by atoms with van der Waals surface area (Å²) in [5.74, 6) is 0.554. The molecule has 4 nitrogen and oxygen atoms in total. The van der Waals surface area contributed by atoms with Crippen molar-refractivity contribution in [2.75, 3.05) is 5.32 Å². The van der Waals surface area contributed by atoms with Gasteiger partial charge in [0.25, 0.3) is 5.56 Å². The number of nitrogens with one attached hydrogen (secondary N) is 1. The summed E-state index contributed by atoms with van der Waals surface area (Å²) < 4.78 is 1.51. The monoisotopic (exact) mass is 299 g/mol. The van der Waals surface area contributed by atoms with Crippen molar-refractivity contribution in [1.29, 1.82) is 0 Å². The third-order valence-electron chi connectivity index (χ3n) is 3.28. The standard InChI is InChI=1S/C16H14ClN3O/c1-11(12-5-4-6-13(17)9-12)18-14-10-16(21)20-8-3-2-7-15(20)19-14/h2-11,18H,1H3. The van der Waals surface area contributed by atoms with Crippen molar-refractivity contribution in [1.82, 2.24) is 9.38 Å². The minimum atomic E-state index is -0.110. The molecule has 0 saturated heterocycles. The Morgan fingerprint density at radius 1 is 1.19 bits per heavy atom. The molecule has 1 unspecified atom stereocenters. The lowest BCUT2D eigenvalue weighted by Gasteiger charge is -2.15. The van der Waals surface area contributed by atoms with Crippen LogP contribution in [0.15, 0.2) is 59.5 Å². The van der Waals surface area contributed by atoms with Gasteiger partial charge in [-0.05, 0) is 36.8 Å². The van der Waals surface area contributed by atoms with Gasteiger partial charge in [0.15, 0.2) is 0 Å². The van der Waals surface area contributed by atoms with Gasteiger partial charge >= 0.3 is 0 Å². The molecule has 2 aromatic heterocycles. The number of halogens is 1. The average molecular weight is 300 g/mol. The summed E-state index contributed by atoms with van der Waals surface area (Å²) >= 11 is 6.00. The first kappa shape index (κ1) is 13.6. The molecule has 5 heteroatoms. The topological polar surface area (TPSA) is 46.4 Å². The van der Waals surface area contributed by atoms with Crippen LogP contribution in [0.4, 0.5) is 5.82 Å². The minimum Gasteiger partial charge on any atom is -0.363 e. The van der Waals surface area contributed by atoms with Gasteiger partial charge in [-0.3, -0.25) is 9.20 Å². The zero-order chi connectivity index (χ0) is 14.8. The van der Waals surface area contributed by atoms with Gasteiger partial charge in [-0.25, -0.2) is 4.98 Å². The highest BCUT2D eigenvalue weighted by atomic mass is 35.5. The number of hydrogen-bond acceptors (Lipinski definition) is 3. The molecular formula is C16H14ClN3O. The number of pyridine rings is 1. The normalized spacial score (nSPS) is 12.3. The summed E-state index contributed by atoms with van der Waals surface area (Å²) in [4.78, 5) is 16.5. The fourth-order valence-corrected chi connectivity index (χ4v) is 2.41. The van der Waals surface area contributed by atoms with E-state index in [2.05, 4.69) is 10.3 Å². The van der Waals surface area contributed by atoms with E-state index in [0.717, 1.165) is 5.56 Å². The fraction of sp³-hybridized carbons (Fsp3) is 0.125. The van der Waals surface area contributed by atoms with Crippen molar-refractivity contribution in [3.05, 3.63) is 75.7 Å². The molecule has 3 aromatic rings. The molecule has 0 aliphatic heterocycles. The smallest absolute Gasteiger partial charge is 0.259 e. The van der Waals surface area contributed by atoms with Crippen LogP contribution in [-0.2, 0) is 0 Å². The summed E-state index contributed by atoms with van der Waals surface area (Å²) in [5, 5.41) is 3.92. The molecule has 3 rings (SSSR count). The Kier molecular flexibility index (Phi) is 3.62. The van der Waals surface area contributed by atoms with Crippen molar-refractivity contribution in [3.63, 3.8) is 0 Å². The summed E-state index contributed by atoms with van der Waals surface area (Å²) in [6.45, 7) is 2.00. The van der Waals surface area contributed by atoms with Gasteiger partial charge in [-0.2, -0.15) is 0 Å². The first-order chi connectivity index (χ1) is 10.1. The maximum atomic E-state index is 12.0. The molecule has 0 aliphatic carbocycles. The van der Waals surface area contributed by atoms with Crippen LogP contribution in [0.3, 0.4) is 0 Å². The third-order valence-corrected chi connectivity index (χ3v) is 3.52. The van der Waals surface area contributed by atoms with Gasteiger partial charge in [-0.1, -0.05) is 29.8 Å². The zero-order valence-corrected chi connectivity index (χ0v) is 12.2. The highest BCUT2D eigenvalue weighted by molar-refractivity contribution is 6.30. The molecule has 2 heterocycles. The predicted molar refractivity (Wildman–Crippen MR) is 85.0 cm³/mol. The Labute approximate surface area is 127 Å². The number of nitrogens with zero attached hydrogens (tertiary/aromatic N) is 2. The van der Waals surface area contributed by atoms with Crippen LogP contribution in [0.2, 0.25) is 5.02 Å².